The third kappa shape index (κ3) is 8.16. The van der Waals surface area contributed by atoms with Crippen LogP contribution in [-0.4, -0.2) is 41.1 Å². The van der Waals surface area contributed by atoms with E-state index in [9.17, 15) is 23.5 Å². The van der Waals surface area contributed by atoms with Crippen LogP contribution in [0, 0.1) is 11.6 Å². The maximum Gasteiger partial charge on any atom is 0.164 e. The highest BCUT2D eigenvalue weighted by molar-refractivity contribution is 9.10. The summed E-state index contributed by atoms with van der Waals surface area (Å²) in [7, 11) is 0. The first-order valence-electron chi connectivity index (χ1n) is 9.56. The lowest BCUT2D eigenvalue weighted by Gasteiger charge is -2.27. The van der Waals surface area contributed by atoms with Crippen LogP contribution in [0.3, 0.4) is 0 Å². The molecule has 2 aromatic carbocycles. The number of benzene rings is 2. The van der Waals surface area contributed by atoms with Crippen molar-refractivity contribution >= 4 is 43.4 Å². The molecule has 168 valence electrons. The Kier molecular flexibility index (Phi) is 10.4. The molecule has 2 atom stereocenters. The van der Waals surface area contributed by atoms with E-state index in [2.05, 4.69) is 31.9 Å². The summed E-state index contributed by atoms with van der Waals surface area (Å²) in [6, 6.07) is 8.33. The van der Waals surface area contributed by atoms with Gasteiger partial charge in [-0.3, -0.25) is 9.59 Å². The Bertz CT molecular complexity index is 915. The summed E-state index contributed by atoms with van der Waals surface area (Å²) in [5.41, 5.74) is 1.29. The lowest BCUT2D eigenvalue weighted by atomic mass is 10.0. The average Bonchev–Trinajstić information content (AvgIpc) is 2.73. The minimum atomic E-state index is -0.558. The number of hydrogen-bond donors (Lipinski definition) is 2. The molecule has 0 amide bonds. The van der Waals surface area contributed by atoms with Gasteiger partial charge in [0.1, 0.15) is 18.2 Å². The van der Waals surface area contributed by atoms with Gasteiger partial charge in [-0.1, -0.05) is 22.0 Å². The zero-order chi connectivity index (χ0) is 23.0. The van der Waals surface area contributed by atoms with Crippen molar-refractivity contribution in [3.05, 3.63) is 68.1 Å². The average molecular weight is 564 g/mol. The Balaban J connectivity index is 0.000000220. The van der Waals surface area contributed by atoms with Crippen molar-refractivity contribution in [2.75, 3.05) is 13.2 Å². The monoisotopic (exact) mass is 562 g/mol. The van der Waals surface area contributed by atoms with E-state index in [0.717, 1.165) is 22.9 Å². The van der Waals surface area contributed by atoms with Crippen molar-refractivity contribution in [2.45, 2.75) is 37.9 Å². The number of carbonyl (C=O) groups excluding carboxylic acids is 2. The first-order chi connectivity index (χ1) is 14.7. The van der Waals surface area contributed by atoms with Gasteiger partial charge in [0.05, 0.1) is 18.8 Å². The highest BCUT2D eigenvalue weighted by Gasteiger charge is 2.23. The number of rotatable bonds is 6. The van der Waals surface area contributed by atoms with Crippen LogP contribution >= 0.6 is 31.9 Å². The van der Waals surface area contributed by atoms with Crippen molar-refractivity contribution in [3.63, 3.8) is 0 Å². The molecule has 0 saturated carbocycles. The Morgan fingerprint density at radius 3 is 2.19 bits per heavy atom. The van der Waals surface area contributed by atoms with Gasteiger partial charge in [0.25, 0.3) is 0 Å². The number of ether oxygens (including phenoxy) is 1. The smallest absolute Gasteiger partial charge is 0.164 e. The van der Waals surface area contributed by atoms with Crippen molar-refractivity contribution in [1.82, 2.24) is 0 Å². The molecule has 0 bridgehead atoms. The summed E-state index contributed by atoms with van der Waals surface area (Å²) in [5, 5.41) is 17.8. The second-order valence-electron chi connectivity index (χ2n) is 6.96. The molecule has 2 N–H and O–H groups in total. The van der Waals surface area contributed by atoms with Crippen LogP contribution in [0.5, 0.6) is 0 Å². The molecule has 9 heteroatoms. The van der Waals surface area contributed by atoms with Crippen LogP contribution in [-0.2, 0) is 9.53 Å². The van der Waals surface area contributed by atoms with E-state index in [4.69, 9.17) is 9.84 Å². The predicted molar refractivity (Wildman–Crippen MR) is 118 cm³/mol. The van der Waals surface area contributed by atoms with E-state index >= 15 is 0 Å². The number of hydrogen-bond acceptors (Lipinski definition) is 5. The standard InChI is InChI=1S/C11H10BrFO3.C11H12BrFO2/c12-10-5-7(13)1-3-9(10)11(16)4-2-8(15)6-14;12-10-5-7(13)1-3-9(10)11-4-2-8(14)6-15-11/h1,3,5,14H,2,4,6H2;1,3,5,8,11,14H,2,4,6H2. The second-order valence-corrected chi connectivity index (χ2v) is 8.67. The normalized spacial score (nSPS) is 18.1. The molecule has 2 aromatic rings. The first-order valence-corrected chi connectivity index (χ1v) is 11.1. The van der Waals surface area contributed by atoms with Crippen LogP contribution in [0.25, 0.3) is 0 Å². The van der Waals surface area contributed by atoms with E-state index in [1.165, 1.54) is 30.3 Å². The van der Waals surface area contributed by atoms with Gasteiger partial charge in [-0.25, -0.2) is 8.78 Å². The number of Topliss-reactive ketones (excluding diaryl/α,β-unsaturated/α-hetero) is 2. The summed E-state index contributed by atoms with van der Waals surface area (Å²) in [4.78, 5) is 22.4. The molecule has 0 aliphatic carbocycles. The third-order valence-corrected chi connectivity index (χ3v) is 5.94. The van der Waals surface area contributed by atoms with Gasteiger partial charge in [0.2, 0.25) is 0 Å². The lowest BCUT2D eigenvalue weighted by molar-refractivity contribution is -0.121. The van der Waals surface area contributed by atoms with E-state index in [1.54, 1.807) is 6.07 Å². The molecule has 31 heavy (non-hydrogen) atoms. The van der Waals surface area contributed by atoms with Crippen LogP contribution in [0.15, 0.2) is 45.3 Å². The molecular weight excluding hydrogens is 542 g/mol. The van der Waals surface area contributed by atoms with Crippen molar-refractivity contribution in [2.24, 2.45) is 0 Å². The molecule has 3 rings (SSSR count). The van der Waals surface area contributed by atoms with Gasteiger partial charge < -0.3 is 14.9 Å². The number of ketones is 2. The van der Waals surface area contributed by atoms with Crippen molar-refractivity contribution in [1.29, 1.82) is 0 Å². The van der Waals surface area contributed by atoms with E-state index < -0.39 is 12.4 Å². The lowest BCUT2D eigenvalue weighted by Crippen LogP contribution is -2.24. The number of halogens is 4. The molecule has 1 saturated heterocycles. The molecule has 5 nitrogen and oxygen atoms in total. The predicted octanol–water partition coefficient (Wildman–Crippen LogP) is 4.91. The van der Waals surface area contributed by atoms with Gasteiger partial charge in [-0.15, -0.1) is 0 Å². The highest BCUT2D eigenvalue weighted by Crippen LogP contribution is 2.33. The molecule has 0 radical (unpaired) electrons. The van der Waals surface area contributed by atoms with Crippen LogP contribution in [0.4, 0.5) is 8.78 Å². The fraction of sp³-hybridized carbons (Fsp3) is 0.364. The second kappa shape index (κ2) is 12.5. The van der Waals surface area contributed by atoms with E-state index in [1.807, 2.05) is 0 Å². The van der Waals surface area contributed by atoms with Gasteiger partial charge in [-0.2, -0.15) is 0 Å². The first kappa shape index (κ1) is 25.7. The Hall–Kier alpha value is -1.52. The van der Waals surface area contributed by atoms with Gasteiger partial charge in [0.15, 0.2) is 11.6 Å². The zero-order valence-electron chi connectivity index (χ0n) is 16.5. The van der Waals surface area contributed by atoms with Gasteiger partial charge in [0, 0.05) is 27.4 Å². The van der Waals surface area contributed by atoms with Crippen molar-refractivity contribution in [3.8, 4) is 0 Å². The molecular formula is C22H22Br2F2O5. The van der Waals surface area contributed by atoms with E-state index in [0.29, 0.717) is 16.6 Å². The van der Waals surface area contributed by atoms with Crippen LogP contribution < -0.4 is 0 Å². The fourth-order valence-electron chi connectivity index (χ4n) is 2.93. The Labute approximate surface area is 195 Å². The zero-order valence-corrected chi connectivity index (χ0v) is 19.7. The Morgan fingerprint density at radius 2 is 1.65 bits per heavy atom. The fourth-order valence-corrected chi connectivity index (χ4v) is 4.11. The quantitative estimate of drug-likeness (QED) is 0.488. The van der Waals surface area contributed by atoms with Gasteiger partial charge in [-0.05, 0) is 64.7 Å². The molecule has 1 heterocycles. The largest absolute Gasteiger partial charge is 0.391 e. The number of carbonyl (C=O) groups is 2. The molecule has 1 fully saturated rings. The SMILES string of the molecule is O=C(CO)CCC(=O)c1ccc(F)cc1Br.OC1CCC(c2ccc(F)cc2Br)OC1. The summed E-state index contributed by atoms with van der Waals surface area (Å²) in [6.45, 7) is -0.202. The van der Waals surface area contributed by atoms with Crippen molar-refractivity contribution < 1.29 is 33.3 Å². The molecule has 2 unspecified atom stereocenters. The molecule has 0 aromatic heterocycles. The summed E-state index contributed by atoms with van der Waals surface area (Å²) < 4.78 is 32.2. The topological polar surface area (TPSA) is 83.8 Å². The summed E-state index contributed by atoms with van der Waals surface area (Å²) in [5.74, 6) is -1.34. The Morgan fingerprint density at radius 1 is 1.00 bits per heavy atom. The van der Waals surface area contributed by atoms with Crippen LogP contribution in [0.2, 0.25) is 0 Å². The summed E-state index contributed by atoms with van der Waals surface area (Å²) in [6.07, 6.45) is 1.12. The maximum atomic E-state index is 12.9. The van der Waals surface area contributed by atoms with Gasteiger partial charge >= 0.3 is 0 Å². The third-order valence-electron chi connectivity index (χ3n) is 4.60. The minimum absolute atomic E-state index is 0.000843. The minimum Gasteiger partial charge on any atom is -0.391 e. The van der Waals surface area contributed by atoms with E-state index in [-0.39, 0.29) is 42.4 Å². The molecule has 0 spiro atoms. The molecule has 1 aliphatic heterocycles. The summed E-state index contributed by atoms with van der Waals surface area (Å²) >= 11 is 6.39. The maximum absolute atomic E-state index is 12.9. The number of aliphatic hydroxyl groups is 2. The molecule has 1 aliphatic rings. The highest BCUT2D eigenvalue weighted by atomic mass is 79.9. The number of aliphatic hydroxyl groups excluding tert-OH is 2. The van der Waals surface area contributed by atoms with Crippen LogP contribution in [0.1, 0.15) is 47.7 Å².